The Morgan fingerprint density at radius 1 is 0.700 bits per heavy atom. The van der Waals surface area contributed by atoms with Crippen molar-refractivity contribution in [3.05, 3.63) is 59.7 Å². The molecule has 2 aromatic carbocycles. The van der Waals surface area contributed by atoms with E-state index < -0.39 is 0 Å². The number of amides is 2. The predicted octanol–water partition coefficient (Wildman–Crippen LogP) is 2.42. The Balaban J connectivity index is 1.66. The van der Waals surface area contributed by atoms with Gasteiger partial charge in [0.25, 0.3) is 0 Å². The first-order valence-corrected chi connectivity index (χ1v) is 9.41. The van der Waals surface area contributed by atoms with Gasteiger partial charge in [0.15, 0.2) is 0 Å². The van der Waals surface area contributed by atoms with Gasteiger partial charge in [-0.1, -0.05) is 24.3 Å². The van der Waals surface area contributed by atoms with Crippen LogP contribution >= 0.6 is 0 Å². The molecule has 0 spiro atoms. The summed E-state index contributed by atoms with van der Waals surface area (Å²) in [5, 5.41) is 5.48. The van der Waals surface area contributed by atoms with Gasteiger partial charge in [0.05, 0.1) is 0 Å². The predicted molar refractivity (Wildman–Crippen MR) is 114 cm³/mol. The fourth-order valence-electron chi connectivity index (χ4n) is 2.26. The molecule has 0 saturated heterocycles. The zero-order valence-corrected chi connectivity index (χ0v) is 17.1. The van der Waals surface area contributed by atoms with Crippen molar-refractivity contribution in [3.63, 3.8) is 0 Å². The van der Waals surface area contributed by atoms with Crippen molar-refractivity contribution in [2.75, 3.05) is 13.2 Å². The monoisotopic (exact) mass is 404 g/mol. The van der Waals surface area contributed by atoms with Crippen LogP contribution in [0.25, 0.3) is 0 Å². The zero-order chi connectivity index (χ0) is 21.6. The minimum Gasteiger partial charge on any atom is -0.481 e. The van der Waals surface area contributed by atoms with Crippen LogP contribution in [-0.2, 0) is 22.7 Å². The molecule has 6 heteroatoms. The summed E-state index contributed by atoms with van der Waals surface area (Å²) in [6.07, 6.45) is 0. The zero-order valence-electron chi connectivity index (χ0n) is 17.1. The number of carbonyl (C=O) groups excluding carboxylic acids is 2. The topological polar surface area (TPSA) is 76.7 Å². The van der Waals surface area contributed by atoms with Crippen LogP contribution in [0.1, 0.15) is 25.0 Å². The van der Waals surface area contributed by atoms with Crippen molar-refractivity contribution in [2.45, 2.75) is 26.9 Å². The van der Waals surface area contributed by atoms with Gasteiger partial charge < -0.3 is 20.1 Å². The SMILES string of the molecule is CC(=O)NCc1ccc(OCC#CC#CCOc2ccc(CNC(C)=O)cc2)cc1. The van der Waals surface area contributed by atoms with Crippen molar-refractivity contribution >= 4 is 11.8 Å². The number of ether oxygens (including phenoxy) is 2. The molecule has 0 fully saturated rings. The van der Waals surface area contributed by atoms with Crippen molar-refractivity contribution < 1.29 is 19.1 Å². The van der Waals surface area contributed by atoms with E-state index in [-0.39, 0.29) is 25.0 Å². The summed E-state index contributed by atoms with van der Waals surface area (Å²) in [4.78, 5) is 21.8. The van der Waals surface area contributed by atoms with Crippen LogP contribution in [0.15, 0.2) is 48.5 Å². The van der Waals surface area contributed by atoms with E-state index in [0.29, 0.717) is 24.6 Å². The number of rotatable bonds is 8. The Kier molecular flexibility index (Phi) is 9.36. The first-order valence-electron chi connectivity index (χ1n) is 9.41. The third kappa shape index (κ3) is 9.34. The highest BCUT2D eigenvalue weighted by molar-refractivity contribution is 5.73. The summed E-state index contributed by atoms with van der Waals surface area (Å²) in [5.41, 5.74) is 1.99. The molecule has 2 aromatic rings. The largest absolute Gasteiger partial charge is 0.481 e. The fraction of sp³-hybridized carbons (Fsp3) is 0.250. The third-order valence-electron chi connectivity index (χ3n) is 3.79. The molecule has 2 rings (SSSR count). The maximum Gasteiger partial charge on any atom is 0.217 e. The molecule has 0 aliphatic carbocycles. The summed E-state index contributed by atoms with van der Waals surface area (Å²) in [5.74, 6) is 12.4. The Bertz CT molecular complexity index is 877. The van der Waals surface area contributed by atoms with Gasteiger partial charge in [-0.15, -0.1) is 0 Å². The van der Waals surface area contributed by atoms with Gasteiger partial charge >= 0.3 is 0 Å². The van der Waals surface area contributed by atoms with Gasteiger partial charge in [-0.2, -0.15) is 0 Å². The number of hydrogen-bond donors (Lipinski definition) is 2. The molecule has 0 aliphatic heterocycles. The molecule has 6 nitrogen and oxygen atoms in total. The quantitative estimate of drug-likeness (QED) is 0.663. The third-order valence-corrected chi connectivity index (χ3v) is 3.79. The van der Waals surface area contributed by atoms with Crippen LogP contribution in [0.3, 0.4) is 0 Å². The molecule has 0 unspecified atom stereocenters. The average molecular weight is 404 g/mol. The highest BCUT2D eigenvalue weighted by Gasteiger charge is 1.97. The Hall–Kier alpha value is -3.90. The highest BCUT2D eigenvalue weighted by Crippen LogP contribution is 2.12. The smallest absolute Gasteiger partial charge is 0.217 e. The van der Waals surface area contributed by atoms with E-state index in [1.807, 2.05) is 48.5 Å². The maximum atomic E-state index is 10.9. The Morgan fingerprint density at radius 2 is 1.07 bits per heavy atom. The van der Waals surface area contributed by atoms with E-state index in [1.165, 1.54) is 13.8 Å². The second-order valence-corrected chi connectivity index (χ2v) is 6.29. The lowest BCUT2D eigenvalue weighted by atomic mass is 10.2. The summed E-state index contributed by atoms with van der Waals surface area (Å²) in [6.45, 7) is 4.43. The number of nitrogens with one attached hydrogen (secondary N) is 2. The summed E-state index contributed by atoms with van der Waals surface area (Å²) in [7, 11) is 0. The van der Waals surface area contributed by atoms with Crippen LogP contribution in [-0.4, -0.2) is 25.0 Å². The molecule has 0 aliphatic rings. The number of carbonyl (C=O) groups is 2. The molecule has 0 heterocycles. The summed E-state index contributed by atoms with van der Waals surface area (Å²) >= 11 is 0. The van der Waals surface area contributed by atoms with Gasteiger partial charge in [-0.3, -0.25) is 9.59 Å². The summed E-state index contributed by atoms with van der Waals surface area (Å²) < 4.78 is 11.0. The van der Waals surface area contributed by atoms with Crippen molar-refractivity contribution in [3.8, 4) is 35.2 Å². The van der Waals surface area contributed by atoms with E-state index in [9.17, 15) is 9.59 Å². The minimum absolute atomic E-state index is 0.0614. The standard InChI is InChI=1S/C24H24N2O4/c1-19(27)25-17-21-7-11-23(12-8-21)29-15-5-3-4-6-16-30-24-13-9-22(10-14-24)18-26-20(2)28/h7-14H,15-18H2,1-2H3,(H,25,27)(H,26,28). The van der Waals surface area contributed by atoms with Crippen molar-refractivity contribution in [2.24, 2.45) is 0 Å². The van der Waals surface area contributed by atoms with Crippen molar-refractivity contribution in [1.29, 1.82) is 0 Å². The minimum atomic E-state index is -0.0614. The lowest BCUT2D eigenvalue weighted by Crippen LogP contribution is -2.18. The fourth-order valence-corrected chi connectivity index (χ4v) is 2.26. The molecule has 30 heavy (non-hydrogen) atoms. The molecule has 0 radical (unpaired) electrons. The lowest BCUT2D eigenvalue weighted by molar-refractivity contribution is -0.120. The van der Waals surface area contributed by atoms with Gasteiger partial charge in [0, 0.05) is 26.9 Å². The second kappa shape index (κ2) is 12.5. The Labute approximate surface area is 177 Å². The summed E-state index contributed by atoms with van der Waals surface area (Å²) in [6, 6.07) is 14.9. The average Bonchev–Trinajstić information content (AvgIpc) is 2.74. The van der Waals surface area contributed by atoms with E-state index in [4.69, 9.17) is 9.47 Å². The highest BCUT2D eigenvalue weighted by atomic mass is 16.5. The molecular weight excluding hydrogens is 380 g/mol. The van der Waals surface area contributed by atoms with E-state index in [2.05, 4.69) is 34.3 Å². The van der Waals surface area contributed by atoms with Gasteiger partial charge in [0.1, 0.15) is 24.7 Å². The number of hydrogen-bond acceptors (Lipinski definition) is 4. The van der Waals surface area contributed by atoms with Crippen LogP contribution < -0.4 is 20.1 Å². The van der Waals surface area contributed by atoms with Gasteiger partial charge in [-0.25, -0.2) is 0 Å². The van der Waals surface area contributed by atoms with E-state index in [1.54, 1.807) is 0 Å². The molecule has 154 valence electrons. The number of benzene rings is 2. The molecule has 2 N–H and O–H groups in total. The molecule has 2 amide bonds. The van der Waals surface area contributed by atoms with Crippen LogP contribution in [0.4, 0.5) is 0 Å². The van der Waals surface area contributed by atoms with Crippen molar-refractivity contribution in [1.82, 2.24) is 10.6 Å². The molecule has 0 aromatic heterocycles. The molecule has 0 atom stereocenters. The van der Waals surface area contributed by atoms with Gasteiger partial charge in [0.2, 0.25) is 11.8 Å². The maximum absolute atomic E-state index is 10.9. The van der Waals surface area contributed by atoms with Crippen LogP contribution in [0.2, 0.25) is 0 Å². The molecule has 0 saturated carbocycles. The molecule has 0 bridgehead atoms. The molecular formula is C24H24N2O4. The normalized spacial score (nSPS) is 9.27. The van der Waals surface area contributed by atoms with Gasteiger partial charge in [-0.05, 0) is 59.1 Å². The first-order chi connectivity index (χ1) is 14.5. The Morgan fingerprint density at radius 3 is 1.40 bits per heavy atom. The van der Waals surface area contributed by atoms with Crippen LogP contribution in [0, 0.1) is 23.7 Å². The van der Waals surface area contributed by atoms with E-state index >= 15 is 0 Å². The lowest BCUT2D eigenvalue weighted by Gasteiger charge is -2.05. The van der Waals surface area contributed by atoms with Crippen LogP contribution in [0.5, 0.6) is 11.5 Å². The first kappa shape index (κ1) is 22.4. The second-order valence-electron chi connectivity index (χ2n) is 6.29. The van der Waals surface area contributed by atoms with E-state index in [0.717, 1.165) is 11.1 Å².